The molecular formula is C20H24N4O3. The molecular weight excluding hydrogens is 344 g/mol. The summed E-state index contributed by atoms with van der Waals surface area (Å²) in [5.41, 5.74) is 2.39. The van der Waals surface area contributed by atoms with Crippen LogP contribution in [0, 0.1) is 6.92 Å². The van der Waals surface area contributed by atoms with Crippen molar-refractivity contribution in [2.75, 3.05) is 32.8 Å². The number of aryl methyl sites for hydroxylation is 1. The van der Waals surface area contributed by atoms with E-state index in [1.165, 1.54) is 6.08 Å². The third kappa shape index (κ3) is 3.23. The summed E-state index contributed by atoms with van der Waals surface area (Å²) in [6.07, 6.45) is 6.09. The topological polar surface area (TPSA) is 67.2 Å². The monoisotopic (exact) mass is 368 g/mol. The molecule has 2 aliphatic rings. The molecule has 1 spiro atoms. The van der Waals surface area contributed by atoms with Crippen LogP contribution in [-0.2, 0) is 20.7 Å². The number of amides is 2. The van der Waals surface area contributed by atoms with E-state index >= 15 is 0 Å². The number of ether oxygens (including phenoxy) is 1. The van der Waals surface area contributed by atoms with E-state index in [0.29, 0.717) is 39.2 Å². The van der Waals surface area contributed by atoms with Crippen LogP contribution in [0.2, 0.25) is 0 Å². The molecule has 7 heteroatoms. The fourth-order valence-corrected chi connectivity index (χ4v) is 4.07. The summed E-state index contributed by atoms with van der Waals surface area (Å²) in [6, 6.07) is 3.97. The molecule has 0 aromatic carbocycles. The molecule has 2 amide bonds. The van der Waals surface area contributed by atoms with Gasteiger partial charge in [-0.1, -0.05) is 12.6 Å². The van der Waals surface area contributed by atoms with Crippen LogP contribution in [0.4, 0.5) is 0 Å². The molecule has 2 aliphatic heterocycles. The van der Waals surface area contributed by atoms with Gasteiger partial charge in [-0.05, 0) is 31.1 Å². The third-order valence-corrected chi connectivity index (χ3v) is 5.54. The van der Waals surface area contributed by atoms with Crippen LogP contribution in [0.25, 0.3) is 5.65 Å². The Kier molecular flexibility index (Phi) is 4.47. The quantitative estimate of drug-likeness (QED) is 0.764. The van der Waals surface area contributed by atoms with E-state index in [0.717, 1.165) is 23.3 Å². The largest absolute Gasteiger partial charge is 0.369 e. The molecule has 2 aromatic heterocycles. The zero-order valence-electron chi connectivity index (χ0n) is 15.6. The van der Waals surface area contributed by atoms with E-state index in [9.17, 15) is 9.59 Å². The second-order valence-corrected chi connectivity index (χ2v) is 7.37. The van der Waals surface area contributed by atoms with Crippen molar-refractivity contribution in [2.24, 2.45) is 0 Å². The molecule has 0 saturated carbocycles. The van der Waals surface area contributed by atoms with Crippen LogP contribution >= 0.6 is 0 Å². The molecule has 4 heterocycles. The summed E-state index contributed by atoms with van der Waals surface area (Å²) in [4.78, 5) is 32.9. The first-order valence-corrected chi connectivity index (χ1v) is 9.26. The van der Waals surface area contributed by atoms with Crippen LogP contribution in [0.5, 0.6) is 0 Å². The van der Waals surface area contributed by atoms with Gasteiger partial charge in [0.15, 0.2) is 0 Å². The number of nitrogens with zero attached hydrogens (tertiary/aromatic N) is 4. The highest BCUT2D eigenvalue weighted by molar-refractivity contribution is 5.87. The summed E-state index contributed by atoms with van der Waals surface area (Å²) in [7, 11) is 0. The van der Waals surface area contributed by atoms with Crippen LogP contribution < -0.4 is 0 Å². The average molecular weight is 368 g/mol. The van der Waals surface area contributed by atoms with Gasteiger partial charge in [0.1, 0.15) is 11.2 Å². The Morgan fingerprint density at radius 3 is 2.96 bits per heavy atom. The highest BCUT2D eigenvalue weighted by Crippen LogP contribution is 2.29. The van der Waals surface area contributed by atoms with Gasteiger partial charge in [0.2, 0.25) is 11.8 Å². The number of hydrogen-bond acceptors (Lipinski definition) is 4. The smallest absolute Gasteiger partial charge is 0.246 e. The van der Waals surface area contributed by atoms with Crippen molar-refractivity contribution in [3.8, 4) is 0 Å². The average Bonchev–Trinajstić information content (AvgIpc) is 3.27. The van der Waals surface area contributed by atoms with Gasteiger partial charge in [-0.25, -0.2) is 4.98 Å². The number of carbonyl (C=O) groups is 2. The highest BCUT2D eigenvalue weighted by atomic mass is 16.5. The van der Waals surface area contributed by atoms with Gasteiger partial charge in [0.05, 0.1) is 31.8 Å². The zero-order valence-corrected chi connectivity index (χ0v) is 15.6. The molecule has 0 aliphatic carbocycles. The minimum Gasteiger partial charge on any atom is -0.369 e. The van der Waals surface area contributed by atoms with Gasteiger partial charge in [-0.3, -0.25) is 9.59 Å². The highest BCUT2D eigenvalue weighted by Gasteiger charge is 2.44. The van der Waals surface area contributed by atoms with E-state index in [4.69, 9.17) is 4.74 Å². The maximum atomic E-state index is 12.9. The van der Waals surface area contributed by atoms with Crippen LogP contribution in [0.3, 0.4) is 0 Å². The van der Waals surface area contributed by atoms with Crippen molar-refractivity contribution in [1.29, 1.82) is 0 Å². The lowest BCUT2D eigenvalue weighted by atomic mass is 10.0. The lowest BCUT2D eigenvalue weighted by Gasteiger charge is -2.40. The number of rotatable bonds is 3. The van der Waals surface area contributed by atoms with E-state index in [1.807, 2.05) is 34.6 Å². The number of likely N-dealkylation sites (tertiary alicyclic amines) is 1. The van der Waals surface area contributed by atoms with Gasteiger partial charge in [0, 0.05) is 25.5 Å². The first-order chi connectivity index (χ1) is 13.0. The molecule has 27 heavy (non-hydrogen) atoms. The Hall–Kier alpha value is -2.67. The number of pyridine rings is 1. The Morgan fingerprint density at radius 2 is 2.15 bits per heavy atom. The number of fused-ring (bicyclic) bond motifs is 1. The van der Waals surface area contributed by atoms with Gasteiger partial charge in [0.25, 0.3) is 0 Å². The number of hydrogen-bond donors (Lipinski definition) is 0. The maximum Gasteiger partial charge on any atom is 0.246 e. The molecule has 4 rings (SSSR count). The molecule has 0 N–H and O–H groups in total. The first kappa shape index (κ1) is 17.7. The molecule has 0 bridgehead atoms. The second kappa shape index (κ2) is 6.81. The summed E-state index contributed by atoms with van der Waals surface area (Å²) >= 11 is 0. The standard InChI is InChI=1S/C20H24N4O3/c1-3-17(25)22-8-6-20(13-22)14-23(9-10-27-20)18(26)11-16-12-21-19-15(2)5-4-7-24(16)19/h3-5,7,12H,1,6,8-11,13-14H2,2H3. The summed E-state index contributed by atoms with van der Waals surface area (Å²) in [6.45, 7) is 8.29. The normalized spacial score (nSPS) is 22.6. The first-order valence-electron chi connectivity index (χ1n) is 9.26. The van der Waals surface area contributed by atoms with E-state index in [1.54, 1.807) is 11.1 Å². The van der Waals surface area contributed by atoms with Crippen LogP contribution in [0.15, 0.2) is 37.2 Å². The minimum absolute atomic E-state index is 0.0643. The van der Waals surface area contributed by atoms with Gasteiger partial charge >= 0.3 is 0 Å². The van der Waals surface area contributed by atoms with Crippen LogP contribution in [-0.4, -0.2) is 69.4 Å². The van der Waals surface area contributed by atoms with Crippen molar-refractivity contribution >= 4 is 17.5 Å². The third-order valence-electron chi connectivity index (χ3n) is 5.54. The van der Waals surface area contributed by atoms with Gasteiger partial charge in [-0.15, -0.1) is 0 Å². The number of morpholine rings is 1. The predicted octanol–water partition coefficient (Wildman–Crippen LogP) is 1.20. The zero-order chi connectivity index (χ0) is 19.0. The summed E-state index contributed by atoms with van der Waals surface area (Å²) < 4.78 is 7.99. The Bertz CT molecular complexity index is 906. The van der Waals surface area contributed by atoms with E-state index in [2.05, 4.69) is 11.6 Å². The number of aromatic nitrogens is 2. The lowest BCUT2D eigenvalue weighted by molar-refractivity contribution is -0.149. The lowest BCUT2D eigenvalue weighted by Crippen LogP contribution is -2.55. The number of carbonyl (C=O) groups excluding carboxylic acids is 2. The predicted molar refractivity (Wildman–Crippen MR) is 100 cm³/mol. The maximum absolute atomic E-state index is 12.9. The van der Waals surface area contributed by atoms with E-state index < -0.39 is 5.60 Å². The van der Waals surface area contributed by atoms with Crippen molar-refractivity contribution in [3.63, 3.8) is 0 Å². The van der Waals surface area contributed by atoms with Crippen LogP contribution in [0.1, 0.15) is 17.7 Å². The van der Waals surface area contributed by atoms with Crippen molar-refractivity contribution < 1.29 is 14.3 Å². The molecule has 2 fully saturated rings. The summed E-state index contributed by atoms with van der Waals surface area (Å²) in [5, 5.41) is 0. The Labute approximate surface area is 158 Å². The van der Waals surface area contributed by atoms with Gasteiger partial charge in [-0.2, -0.15) is 0 Å². The SMILES string of the molecule is C=CC(=O)N1CCC2(C1)CN(C(=O)Cc1cnc3c(C)cccn13)CCO2. The minimum atomic E-state index is -0.456. The van der Waals surface area contributed by atoms with Crippen molar-refractivity contribution in [3.05, 3.63) is 48.4 Å². The Balaban J connectivity index is 1.47. The Morgan fingerprint density at radius 1 is 1.33 bits per heavy atom. The van der Waals surface area contributed by atoms with Crippen molar-refractivity contribution in [1.82, 2.24) is 19.2 Å². The molecule has 1 atom stereocenters. The fraction of sp³-hybridized carbons (Fsp3) is 0.450. The molecule has 0 radical (unpaired) electrons. The number of imidazole rings is 1. The molecule has 2 aromatic rings. The van der Waals surface area contributed by atoms with Crippen molar-refractivity contribution in [2.45, 2.75) is 25.4 Å². The molecule has 7 nitrogen and oxygen atoms in total. The van der Waals surface area contributed by atoms with Gasteiger partial charge < -0.3 is 18.9 Å². The molecule has 142 valence electrons. The molecule has 1 unspecified atom stereocenters. The molecule has 2 saturated heterocycles. The van der Waals surface area contributed by atoms with E-state index in [-0.39, 0.29) is 11.8 Å². The fourth-order valence-electron chi connectivity index (χ4n) is 4.07. The summed E-state index contributed by atoms with van der Waals surface area (Å²) in [5.74, 6) is -0.0190. The second-order valence-electron chi connectivity index (χ2n) is 7.37.